The summed E-state index contributed by atoms with van der Waals surface area (Å²) in [7, 11) is 0. The number of hydrogen-bond donors (Lipinski definition) is 0. The van der Waals surface area contributed by atoms with Crippen molar-refractivity contribution < 1.29 is 4.74 Å². The van der Waals surface area contributed by atoms with E-state index in [9.17, 15) is 9.59 Å². The van der Waals surface area contributed by atoms with E-state index in [0.717, 1.165) is 55.0 Å². The van der Waals surface area contributed by atoms with Crippen LogP contribution in [0.4, 0.5) is 0 Å². The number of halogens is 1. The zero-order valence-corrected chi connectivity index (χ0v) is 22.7. The van der Waals surface area contributed by atoms with Crippen LogP contribution in [0.5, 0.6) is 0 Å². The van der Waals surface area contributed by atoms with Crippen LogP contribution < -0.4 is 11.1 Å². The van der Waals surface area contributed by atoms with Crippen molar-refractivity contribution in [3.63, 3.8) is 0 Å². The van der Waals surface area contributed by atoms with Crippen LogP contribution in [-0.4, -0.2) is 56.7 Å². The molecule has 10 heteroatoms. The molecule has 0 saturated carbocycles. The van der Waals surface area contributed by atoms with Crippen LogP contribution in [0.1, 0.15) is 17.7 Å². The Bertz CT molecular complexity index is 1700. The molecule has 0 amide bonds. The molecule has 1 aliphatic heterocycles. The molecule has 38 heavy (non-hydrogen) atoms. The number of para-hydroxylation sites is 1. The quantitative estimate of drug-likeness (QED) is 0.303. The molecule has 1 aliphatic rings. The Hall–Kier alpha value is -3.24. The van der Waals surface area contributed by atoms with Gasteiger partial charge in [-0.3, -0.25) is 19.2 Å². The first kappa shape index (κ1) is 25.1. The van der Waals surface area contributed by atoms with Crippen LogP contribution in [0.3, 0.4) is 0 Å². The second-order valence-electron chi connectivity index (χ2n) is 9.55. The van der Waals surface area contributed by atoms with Crippen molar-refractivity contribution in [3.05, 3.63) is 91.6 Å². The Balaban J connectivity index is 1.46. The number of aryl methyl sites for hydroxylation is 1. The molecule has 0 unspecified atom stereocenters. The maximum Gasteiger partial charge on any atom is 0.283 e. The summed E-state index contributed by atoms with van der Waals surface area (Å²) in [6.45, 7) is 7.03. The van der Waals surface area contributed by atoms with E-state index >= 15 is 0 Å². The van der Waals surface area contributed by atoms with Crippen molar-refractivity contribution in [3.8, 4) is 5.13 Å². The van der Waals surface area contributed by atoms with Crippen LogP contribution in [0.15, 0.2) is 64.2 Å². The highest BCUT2D eigenvalue weighted by atomic mass is 35.5. The average Bonchev–Trinajstić information content (AvgIpc) is 3.46. The lowest BCUT2D eigenvalue weighted by Gasteiger charge is -2.26. The second-order valence-corrected chi connectivity index (χ2v) is 11.0. The number of rotatable bonds is 7. The molecule has 3 aromatic heterocycles. The maximum absolute atomic E-state index is 14.0. The molecule has 5 aromatic rings. The third-order valence-electron chi connectivity index (χ3n) is 7.14. The van der Waals surface area contributed by atoms with Gasteiger partial charge in [0.1, 0.15) is 0 Å². The number of nitrogens with zero attached hydrogens (tertiary/aromatic N) is 5. The zero-order chi connectivity index (χ0) is 26.2. The van der Waals surface area contributed by atoms with E-state index < -0.39 is 0 Å². The Kier molecular flexibility index (Phi) is 6.92. The molecule has 4 heterocycles. The monoisotopic (exact) mass is 549 g/mol. The number of fused-ring (bicyclic) bond motifs is 2. The fourth-order valence-electron chi connectivity index (χ4n) is 5.16. The summed E-state index contributed by atoms with van der Waals surface area (Å²) in [5.74, 6) is 0. The van der Waals surface area contributed by atoms with Gasteiger partial charge < -0.3 is 9.30 Å². The topological polar surface area (TPSA) is 74.3 Å². The molecule has 0 radical (unpaired) electrons. The number of pyridine rings is 1. The van der Waals surface area contributed by atoms with E-state index in [1.807, 2.05) is 60.1 Å². The fraction of sp³-hybridized carbons (Fsp3) is 0.321. The molecule has 6 rings (SSSR count). The summed E-state index contributed by atoms with van der Waals surface area (Å²) >= 11 is 7.57. The van der Waals surface area contributed by atoms with Crippen LogP contribution in [0, 0.1) is 6.92 Å². The van der Waals surface area contributed by atoms with E-state index in [0.29, 0.717) is 39.8 Å². The van der Waals surface area contributed by atoms with Gasteiger partial charge in [0.05, 0.1) is 40.9 Å². The average molecular weight is 550 g/mol. The summed E-state index contributed by atoms with van der Waals surface area (Å²) in [6.07, 6.45) is 0.823. The summed E-state index contributed by atoms with van der Waals surface area (Å²) in [5, 5.41) is 1.77. The van der Waals surface area contributed by atoms with Gasteiger partial charge in [0.25, 0.3) is 11.1 Å². The van der Waals surface area contributed by atoms with Crippen molar-refractivity contribution in [2.75, 3.05) is 32.8 Å². The molecule has 1 saturated heterocycles. The predicted molar refractivity (Wildman–Crippen MR) is 152 cm³/mol. The van der Waals surface area contributed by atoms with Gasteiger partial charge in [-0.05, 0) is 43.2 Å². The molecule has 0 N–H and O–H groups in total. The summed E-state index contributed by atoms with van der Waals surface area (Å²) in [6, 6.07) is 17.0. The molecule has 1 fully saturated rings. The number of hydrogen-bond acceptors (Lipinski definition) is 6. The minimum absolute atomic E-state index is 0.108. The van der Waals surface area contributed by atoms with Gasteiger partial charge in [-0.15, -0.1) is 0 Å². The number of morpholine rings is 1. The first-order chi connectivity index (χ1) is 18.5. The first-order valence-electron chi connectivity index (χ1n) is 12.8. The molecule has 196 valence electrons. The van der Waals surface area contributed by atoms with E-state index in [1.165, 1.54) is 11.3 Å². The number of aromatic nitrogens is 4. The lowest BCUT2D eigenvalue weighted by molar-refractivity contribution is 0.0369. The van der Waals surface area contributed by atoms with Gasteiger partial charge in [-0.25, -0.2) is 4.98 Å². The Morgan fingerprint density at radius 2 is 1.79 bits per heavy atom. The van der Waals surface area contributed by atoms with Crippen LogP contribution in [-0.2, 0) is 17.8 Å². The largest absolute Gasteiger partial charge is 0.379 e. The maximum atomic E-state index is 14.0. The van der Waals surface area contributed by atoms with Crippen LogP contribution in [0.25, 0.3) is 26.3 Å². The first-order valence-corrected chi connectivity index (χ1v) is 14.0. The zero-order valence-electron chi connectivity index (χ0n) is 21.1. The Morgan fingerprint density at radius 1 is 1.03 bits per heavy atom. The summed E-state index contributed by atoms with van der Waals surface area (Å²) in [4.78, 5) is 34.5. The summed E-state index contributed by atoms with van der Waals surface area (Å²) in [5.41, 5.74) is 2.81. The highest BCUT2D eigenvalue weighted by Gasteiger charge is 2.22. The Morgan fingerprint density at radius 3 is 2.55 bits per heavy atom. The Labute approximate surface area is 228 Å². The number of benzene rings is 2. The second kappa shape index (κ2) is 10.5. The molecule has 0 aliphatic carbocycles. The number of ether oxygens (including phenoxy) is 1. The third-order valence-corrected chi connectivity index (χ3v) is 8.41. The third kappa shape index (κ3) is 4.71. The van der Waals surface area contributed by atoms with Crippen molar-refractivity contribution in [1.29, 1.82) is 0 Å². The van der Waals surface area contributed by atoms with E-state index in [2.05, 4.69) is 4.90 Å². The van der Waals surface area contributed by atoms with Crippen LogP contribution in [0.2, 0.25) is 5.02 Å². The van der Waals surface area contributed by atoms with Crippen molar-refractivity contribution in [1.82, 2.24) is 23.8 Å². The standard InChI is InChI=1S/C28H28ClN5O3S/c1-19-26-23(17-25(35)32(19)12-4-11-31-13-15-37-16-14-31)33(18-20-7-9-21(29)10-8-20)34(27(26)36)28-30-22-5-2-3-6-24(22)38-28/h2-3,5-10,17H,4,11-16,18H2,1H3. The van der Waals surface area contributed by atoms with E-state index in [1.54, 1.807) is 15.3 Å². The minimum Gasteiger partial charge on any atom is -0.379 e. The van der Waals surface area contributed by atoms with Gasteiger partial charge >= 0.3 is 0 Å². The molecule has 2 aromatic carbocycles. The normalized spacial score (nSPS) is 14.6. The fourth-order valence-corrected chi connectivity index (χ4v) is 6.26. The van der Waals surface area contributed by atoms with Crippen molar-refractivity contribution in [2.45, 2.75) is 26.4 Å². The highest BCUT2D eigenvalue weighted by molar-refractivity contribution is 7.20. The lowest BCUT2D eigenvalue weighted by Crippen LogP contribution is -2.37. The molecule has 0 atom stereocenters. The van der Waals surface area contributed by atoms with Gasteiger partial charge in [0.2, 0.25) is 5.13 Å². The van der Waals surface area contributed by atoms with Gasteiger partial charge in [-0.2, -0.15) is 4.68 Å². The van der Waals surface area contributed by atoms with Crippen molar-refractivity contribution in [2.24, 2.45) is 0 Å². The van der Waals surface area contributed by atoms with E-state index in [-0.39, 0.29) is 11.1 Å². The predicted octanol–water partition coefficient (Wildman–Crippen LogP) is 4.30. The molecule has 0 bridgehead atoms. The van der Waals surface area contributed by atoms with Gasteiger partial charge in [-0.1, -0.05) is 47.2 Å². The number of thiazole rings is 1. The summed E-state index contributed by atoms with van der Waals surface area (Å²) < 4.78 is 11.7. The molecule has 0 spiro atoms. The SMILES string of the molecule is Cc1c2c(=O)n(-c3nc4ccccc4s3)n(Cc3ccc(Cl)cc3)c2cc(=O)n1CCCN1CCOCC1. The minimum atomic E-state index is -0.174. The lowest BCUT2D eigenvalue weighted by atomic mass is 10.2. The molecular formula is C28H28ClN5O3S. The van der Waals surface area contributed by atoms with Crippen LogP contribution >= 0.6 is 22.9 Å². The highest BCUT2D eigenvalue weighted by Crippen LogP contribution is 2.26. The van der Waals surface area contributed by atoms with E-state index in [4.69, 9.17) is 21.3 Å². The molecule has 8 nitrogen and oxygen atoms in total. The molecular weight excluding hydrogens is 522 g/mol. The van der Waals surface area contributed by atoms with Gasteiger partial charge in [0.15, 0.2) is 0 Å². The smallest absolute Gasteiger partial charge is 0.283 e. The van der Waals surface area contributed by atoms with Crippen molar-refractivity contribution >= 4 is 44.1 Å². The van der Waals surface area contributed by atoms with Gasteiger partial charge in [0, 0.05) is 43.0 Å².